The predicted molar refractivity (Wildman–Crippen MR) is 147 cm³/mol. The number of aromatic hydroxyl groups is 1. The summed E-state index contributed by atoms with van der Waals surface area (Å²) < 4.78 is 14.2. The lowest BCUT2D eigenvalue weighted by Crippen LogP contribution is -2.39. The first-order valence-electron chi connectivity index (χ1n) is 10.9. The second-order valence-corrected chi connectivity index (χ2v) is 10.7. The van der Waals surface area contributed by atoms with Crippen molar-refractivity contribution in [1.29, 1.82) is 0 Å². The summed E-state index contributed by atoms with van der Waals surface area (Å²) in [6, 6.07) is 10.1. The molecule has 0 spiro atoms. The highest BCUT2D eigenvalue weighted by molar-refractivity contribution is 14.1. The van der Waals surface area contributed by atoms with Gasteiger partial charge < -0.3 is 14.6 Å². The largest absolute Gasteiger partial charge is 0.506 e. The van der Waals surface area contributed by atoms with E-state index >= 15 is 0 Å². The van der Waals surface area contributed by atoms with Crippen LogP contribution in [0.25, 0.3) is 6.08 Å². The van der Waals surface area contributed by atoms with Crippen LogP contribution in [0.1, 0.15) is 37.9 Å². The van der Waals surface area contributed by atoms with Gasteiger partial charge in [-0.15, -0.1) is 0 Å². The van der Waals surface area contributed by atoms with Crippen LogP contribution < -0.4 is 19.6 Å². The molecule has 7 nitrogen and oxygen atoms in total. The first-order chi connectivity index (χ1) is 16.7. The molecule has 1 aromatic heterocycles. The zero-order chi connectivity index (χ0) is 25.3. The lowest BCUT2D eigenvalue weighted by molar-refractivity contribution is -0.139. The molecule has 182 valence electrons. The molecule has 1 unspecified atom stereocenters. The molecule has 0 aliphatic carbocycles. The molecule has 0 radical (unpaired) electrons. The number of thiazole rings is 1. The Bertz CT molecular complexity index is 1510. The van der Waals surface area contributed by atoms with Gasteiger partial charge in [-0.2, -0.15) is 0 Å². The van der Waals surface area contributed by atoms with Gasteiger partial charge in [0, 0.05) is 10.0 Å². The van der Waals surface area contributed by atoms with Crippen molar-refractivity contribution in [2.75, 3.05) is 13.2 Å². The standard InChI is InChI=1S/C25H22BrIN2O5S/c1-4-33-17-8-6-14(7-9-17)21-20(24(32)34-5-2)13(3)28-25-29(21)23(31)19(35-25)11-15-10-16(26)12-18(27)22(15)30/h6-12,21,30H,4-5H2,1-3H3. The number of ether oxygens (including phenoxy) is 2. The minimum absolute atomic E-state index is 0.0890. The molecule has 10 heteroatoms. The van der Waals surface area contributed by atoms with E-state index < -0.39 is 12.0 Å². The molecule has 4 rings (SSSR count). The van der Waals surface area contributed by atoms with E-state index in [4.69, 9.17) is 9.47 Å². The van der Waals surface area contributed by atoms with Crippen LogP contribution in [0.4, 0.5) is 0 Å². The first kappa shape index (κ1) is 25.6. The molecule has 2 aromatic carbocycles. The minimum Gasteiger partial charge on any atom is -0.506 e. The number of nitrogens with zero attached hydrogens (tertiary/aromatic N) is 2. The lowest BCUT2D eigenvalue weighted by Gasteiger charge is -2.24. The number of aromatic nitrogens is 1. The number of carbonyl (C=O) groups is 1. The van der Waals surface area contributed by atoms with Crippen molar-refractivity contribution in [2.45, 2.75) is 26.8 Å². The number of fused-ring (bicyclic) bond motifs is 1. The predicted octanol–water partition coefficient (Wildman–Crippen LogP) is 4.27. The van der Waals surface area contributed by atoms with E-state index in [1.807, 2.05) is 53.8 Å². The number of phenolic OH excluding ortho intramolecular Hbond substituents is 1. The lowest BCUT2D eigenvalue weighted by atomic mass is 9.96. The van der Waals surface area contributed by atoms with Gasteiger partial charge in [0.2, 0.25) is 0 Å². The van der Waals surface area contributed by atoms with Crippen molar-refractivity contribution in [3.05, 3.63) is 86.5 Å². The molecule has 1 aliphatic rings. The molecular weight excluding hydrogens is 647 g/mol. The second-order valence-electron chi connectivity index (χ2n) is 7.63. The summed E-state index contributed by atoms with van der Waals surface area (Å²) >= 11 is 6.68. The maximum absolute atomic E-state index is 13.7. The zero-order valence-electron chi connectivity index (χ0n) is 19.2. The van der Waals surface area contributed by atoms with Crippen LogP contribution in [-0.2, 0) is 9.53 Å². The van der Waals surface area contributed by atoms with E-state index in [1.165, 1.54) is 15.9 Å². The third-order valence-corrected chi connectivity index (χ3v) is 7.63. The Labute approximate surface area is 227 Å². The van der Waals surface area contributed by atoms with E-state index in [0.29, 0.717) is 42.1 Å². The number of carbonyl (C=O) groups excluding carboxylic acids is 1. The SMILES string of the molecule is CCOC(=O)C1=C(C)N=c2sc(=Cc3cc(Br)cc(I)c3O)c(=O)n2C1c1ccc(OCC)cc1. The van der Waals surface area contributed by atoms with Gasteiger partial charge in [-0.05, 0) is 79.3 Å². The summed E-state index contributed by atoms with van der Waals surface area (Å²) in [5, 5.41) is 10.5. The van der Waals surface area contributed by atoms with Gasteiger partial charge >= 0.3 is 5.97 Å². The Morgan fingerprint density at radius 2 is 1.97 bits per heavy atom. The summed E-state index contributed by atoms with van der Waals surface area (Å²) in [6.45, 7) is 6.12. The highest BCUT2D eigenvalue weighted by Crippen LogP contribution is 2.32. The third-order valence-electron chi connectivity index (χ3n) is 5.37. The van der Waals surface area contributed by atoms with Gasteiger partial charge in [-0.3, -0.25) is 9.36 Å². The number of benzene rings is 2. The molecule has 0 bridgehead atoms. The van der Waals surface area contributed by atoms with Gasteiger partial charge in [-0.1, -0.05) is 39.4 Å². The maximum Gasteiger partial charge on any atom is 0.338 e. The van der Waals surface area contributed by atoms with Crippen LogP contribution in [0.3, 0.4) is 0 Å². The molecular formula is C25H22BrIN2O5S. The monoisotopic (exact) mass is 668 g/mol. The van der Waals surface area contributed by atoms with Gasteiger partial charge in [0.25, 0.3) is 5.56 Å². The Morgan fingerprint density at radius 3 is 2.63 bits per heavy atom. The Balaban J connectivity index is 1.94. The third kappa shape index (κ3) is 5.10. The average Bonchev–Trinajstić information content (AvgIpc) is 3.11. The molecule has 3 aromatic rings. The number of esters is 1. The zero-order valence-corrected chi connectivity index (χ0v) is 23.7. The Kier molecular flexibility index (Phi) is 7.82. The van der Waals surface area contributed by atoms with Crippen LogP contribution in [-0.4, -0.2) is 28.9 Å². The van der Waals surface area contributed by atoms with Crippen LogP contribution in [0.5, 0.6) is 11.5 Å². The summed E-state index contributed by atoms with van der Waals surface area (Å²) in [6.07, 6.45) is 1.64. The van der Waals surface area contributed by atoms with E-state index in [0.717, 1.165) is 10.0 Å². The smallest absolute Gasteiger partial charge is 0.338 e. The minimum atomic E-state index is -0.709. The summed E-state index contributed by atoms with van der Waals surface area (Å²) in [7, 11) is 0. The van der Waals surface area contributed by atoms with Crippen molar-refractivity contribution < 1.29 is 19.4 Å². The molecule has 0 fully saturated rings. The van der Waals surface area contributed by atoms with Crippen molar-refractivity contribution >= 4 is 61.9 Å². The Morgan fingerprint density at radius 1 is 1.26 bits per heavy atom. The van der Waals surface area contributed by atoms with E-state index in [1.54, 1.807) is 32.1 Å². The molecule has 1 N–H and O–H groups in total. The fourth-order valence-electron chi connectivity index (χ4n) is 3.86. The number of hydrogen-bond donors (Lipinski definition) is 1. The van der Waals surface area contributed by atoms with Crippen molar-refractivity contribution in [3.63, 3.8) is 0 Å². The van der Waals surface area contributed by atoms with Crippen LogP contribution in [0.15, 0.2) is 61.9 Å². The molecule has 1 atom stereocenters. The molecule has 2 heterocycles. The summed E-state index contributed by atoms with van der Waals surface area (Å²) in [4.78, 5) is 31.7. The number of phenols is 1. The van der Waals surface area contributed by atoms with Crippen molar-refractivity contribution in [3.8, 4) is 11.5 Å². The van der Waals surface area contributed by atoms with Crippen LogP contribution in [0, 0.1) is 3.57 Å². The van der Waals surface area contributed by atoms with Crippen molar-refractivity contribution in [2.24, 2.45) is 4.99 Å². The summed E-state index contributed by atoms with van der Waals surface area (Å²) in [5.41, 5.74) is 1.74. The van der Waals surface area contributed by atoms with Gasteiger partial charge in [-0.25, -0.2) is 9.79 Å². The second kappa shape index (κ2) is 10.7. The van der Waals surface area contributed by atoms with E-state index in [-0.39, 0.29) is 17.9 Å². The highest BCUT2D eigenvalue weighted by Gasteiger charge is 2.33. The maximum atomic E-state index is 13.7. The number of halogens is 2. The molecule has 0 saturated carbocycles. The normalized spacial score (nSPS) is 15.6. The molecule has 1 aliphatic heterocycles. The molecule has 0 amide bonds. The topological polar surface area (TPSA) is 90.1 Å². The molecule has 0 saturated heterocycles. The van der Waals surface area contributed by atoms with Gasteiger partial charge in [0.05, 0.1) is 38.6 Å². The van der Waals surface area contributed by atoms with Gasteiger partial charge in [0.15, 0.2) is 4.80 Å². The van der Waals surface area contributed by atoms with Crippen LogP contribution >= 0.6 is 49.9 Å². The van der Waals surface area contributed by atoms with Crippen LogP contribution in [0.2, 0.25) is 0 Å². The molecule has 35 heavy (non-hydrogen) atoms. The first-order valence-corrected chi connectivity index (χ1v) is 13.5. The fraction of sp³-hybridized carbons (Fsp3) is 0.240. The number of hydrogen-bond acceptors (Lipinski definition) is 7. The van der Waals surface area contributed by atoms with Gasteiger partial charge in [0.1, 0.15) is 11.5 Å². The number of allylic oxidation sites excluding steroid dienone is 1. The fourth-order valence-corrected chi connectivity index (χ4v) is 6.44. The quantitative estimate of drug-likeness (QED) is 0.313. The number of rotatable bonds is 6. The Hall–Kier alpha value is -2.44. The summed E-state index contributed by atoms with van der Waals surface area (Å²) in [5.74, 6) is 0.272. The highest BCUT2D eigenvalue weighted by atomic mass is 127. The van der Waals surface area contributed by atoms with E-state index in [9.17, 15) is 14.7 Å². The van der Waals surface area contributed by atoms with E-state index in [2.05, 4.69) is 20.9 Å². The van der Waals surface area contributed by atoms with Crippen molar-refractivity contribution in [1.82, 2.24) is 4.57 Å². The average molecular weight is 669 g/mol.